The van der Waals surface area contributed by atoms with Crippen molar-refractivity contribution < 1.29 is 23.1 Å². The maximum absolute atomic E-state index is 12.6. The molecule has 9 heteroatoms. The predicted molar refractivity (Wildman–Crippen MR) is 90.8 cm³/mol. The lowest BCUT2D eigenvalue weighted by atomic mass is 10.2. The van der Waals surface area contributed by atoms with Crippen LogP contribution in [0.3, 0.4) is 0 Å². The fourth-order valence-corrected chi connectivity index (χ4v) is 3.19. The number of alkyl halides is 2. The fraction of sp³-hybridized carbons (Fsp3) is 0.188. The third kappa shape index (κ3) is 5.01. The molecule has 0 aliphatic carbocycles. The molecule has 0 fully saturated rings. The quantitative estimate of drug-likeness (QED) is 0.601. The van der Waals surface area contributed by atoms with Gasteiger partial charge in [0.05, 0.1) is 11.1 Å². The van der Waals surface area contributed by atoms with Crippen molar-refractivity contribution in [2.75, 3.05) is 5.32 Å². The first kappa shape index (κ1) is 18.9. The van der Waals surface area contributed by atoms with E-state index in [4.69, 9.17) is 10.00 Å². The van der Waals surface area contributed by atoms with Gasteiger partial charge < -0.3 is 10.1 Å². The lowest BCUT2D eigenvalue weighted by molar-refractivity contribution is -0.123. The number of hydrogen-bond donors (Lipinski definition) is 1. The van der Waals surface area contributed by atoms with E-state index in [2.05, 4.69) is 5.32 Å². The van der Waals surface area contributed by atoms with E-state index in [-0.39, 0.29) is 22.2 Å². The van der Waals surface area contributed by atoms with Crippen LogP contribution in [0.4, 0.5) is 13.8 Å². The molecule has 1 amide bonds. The highest BCUT2D eigenvalue weighted by Crippen LogP contribution is 2.29. The molecule has 1 atom stereocenters. The van der Waals surface area contributed by atoms with Crippen LogP contribution in [0.25, 0.3) is 0 Å². The van der Waals surface area contributed by atoms with Crippen molar-refractivity contribution in [3.05, 3.63) is 46.8 Å². The minimum absolute atomic E-state index is 0.0405. The highest BCUT2D eigenvalue weighted by Gasteiger charge is 2.23. The van der Waals surface area contributed by atoms with E-state index in [0.29, 0.717) is 10.6 Å². The van der Waals surface area contributed by atoms with Crippen LogP contribution in [0.2, 0.25) is 0 Å². The van der Waals surface area contributed by atoms with Gasteiger partial charge in [-0.15, -0.1) is 11.3 Å². The summed E-state index contributed by atoms with van der Waals surface area (Å²) in [4.78, 5) is 24.3. The molecule has 0 saturated heterocycles. The lowest BCUT2D eigenvalue weighted by Gasteiger charge is -2.14. The lowest BCUT2D eigenvalue weighted by Crippen LogP contribution is -2.30. The number of amides is 1. The Balaban J connectivity index is 2.05. The topological polar surface area (TPSA) is 79.2 Å². The van der Waals surface area contributed by atoms with Crippen LogP contribution in [-0.2, 0) is 9.53 Å². The first-order chi connectivity index (χ1) is 11.9. The molecule has 0 aliphatic rings. The Bertz CT molecular complexity index is 818. The van der Waals surface area contributed by atoms with Gasteiger partial charge in [-0.3, -0.25) is 4.79 Å². The van der Waals surface area contributed by atoms with Crippen molar-refractivity contribution in [1.82, 2.24) is 0 Å². The van der Waals surface area contributed by atoms with Gasteiger partial charge in [0.1, 0.15) is 11.1 Å². The highest BCUT2D eigenvalue weighted by atomic mass is 32.2. The summed E-state index contributed by atoms with van der Waals surface area (Å²) < 4.78 is 30.2. The summed E-state index contributed by atoms with van der Waals surface area (Å²) in [6.07, 6.45) is -1.16. The zero-order valence-electron chi connectivity index (χ0n) is 12.9. The van der Waals surface area contributed by atoms with E-state index in [1.165, 1.54) is 31.2 Å². The molecule has 0 radical (unpaired) electrons. The van der Waals surface area contributed by atoms with E-state index >= 15 is 0 Å². The van der Waals surface area contributed by atoms with Crippen molar-refractivity contribution >= 4 is 40.0 Å². The summed E-state index contributed by atoms with van der Waals surface area (Å²) in [6, 6.07) is 9.25. The van der Waals surface area contributed by atoms with Crippen LogP contribution in [0.1, 0.15) is 22.8 Å². The summed E-state index contributed by atoms with van der Waals surface area (Å²) in [7, 11) is 0. The molecule has 1 unspecified atom stereocenters. The van der Waals surface area contributed by atoms with Gasteiger partial charge in [-0.05, 0) is 30.5 Å². The highest BCUT2D eigenvalue weighted by molar-refractivity contribution is 7.99. The van der Waals surface area contributed by atoms with Crippen LogP contribution in [0.15, 0.2) is 40.6 Å². The minimum Gasteiger partial charge on any atom is -0.449 e. The van der Waals surface area contributed by atoms with Crippen molar-refractivity contribution in [1.29, 1.82) is 5.26 Å². The normalized spacial score (nSPS) is 11.6. The molecule has 130 valence electrons. The van der Waals surface area contributed by atoms with Gasteiger partial charge in [-0.2, -0.15) is 14.0 Å². The number of carbonyl (C=O) groups excluding carboxylic acids is 2. The number of halogens is 2. The van der Waals surface area contributed by atoms with Gasteiger partial charge in [0, 0.05) is 4.90 Å². The van der Waals surface area contributed by atoms with Crippen molar-refractivity contribution in [3.63, 3.8) is 0 Å². The molecular formula is C16H12F2N2O3S2. The number of ether oxygens (including phenoxy) is 1. The van der Waals surface area contributed by atoms with Crippen LogP contribution in [0.5, 0.6) is 0 Å². The molecule has 2 rings (SSSR count). The van der Waals surface area contributed by atoms with Crippen LogP contribution in [-0.4, -0.2) is 23.7 Å². The Hall–Kier alpha value is -2.44. The van der Waals surface area contributed by atoms with E-state index in [9.17, 15) is 18.4 Å². The minimum atomic E-state index is -2.68. The van der Waals surface area contributed by atoms with Gasteiger partial charge in [0.25, 0.3) is 11.7 Å². The third-order valence-electron chi connectivity index (χ3n) is 3.00. The molecule has 1 aromatic carbocycles. The average molecular weight is 382 g/mol. The number of nitrogens with one attached hydrogen (secondary N) is 1. The van der Waals surface area contributed by atoms with Gasteiger partial charge in [-0.1, -0.05) is 23.9 Å². The second-order valence-electron chi connectivity index (χ2n) is 4.69. The maximum Gasteiger partial charge on any atom is 0.340 e. The Morgan fingerprint density at radius 3 is 2.72 bits per heavy atom. The van der Waals surface area contributed by atoms with Crippen LogP contribution >= 0.6 is 23.1 Å². The number of esters is 1. The fourth-order valence-electron chi connectivity index (χ4n) is 1.82. The Morgan fingerprint density at radius 2 is 2.04 bits per heavy atom. The Morgan fingerprint density at radius 1 is 1.32 bits per heavy atom. The molecule has 1 N–H and O–H groups in total. The zero-order chi connectivity index (χ0) is 18.4. The van der Waals surface area contributed by atoms with Gasteiger partial charge in [0.15, 0.2) is 6.10 Å². The number of anilines is 1. The molecule has 25 heavy (non-hydrogen) atoms. The van der Waals surface area contributed by atoms with Gasteiger partial charge >= 0.3 is 5.97 Å². The molecule has 0 bridgehead atoms. The van der Waals surface area contributed by atoms with Crippen LogP contribution < -0.4 is 5.32 Å². The van der Waals surface area contributed by atoms with Crippen molar-refractivity contribution in [2.24, 2.45) is 0 Å². The smallest absolute Gasteiger partial charge is 0.340 e. The predicted octanol–water partition coefficient (Wildman–Crippen LogP) is 4.12. The van der Waals surface area contributed by atoms with Crippen molar-refractivity contribution in [3.8, 4) is 6.07 Å². The summed E-state index contributed by atoms with van der Waals surface area (Å²) in [5.41, 5.74) is 0.261. The number of thioether (sulfide) groups is 1. The summed E-state index contributed by atoms with van der Waals surface area (Å²) in [6.45, 7) is 1.36. The molecule has 2 aromatic rings. The monoisotopic (exact) mass is 382 g/mol. The Labute approximate surface area is 150 Å². The number of nitrogens with zero attached hydrogens (tertiary/aromatic N) is 1. The molecule has 0 spiro atoms. The first-order valence-corrected chi connectivity index (χ1v) is 8.71. The second kappa shape index (κ2) is 8.60. The standard InChI is InChI=1S/C16H12F2N2O3S2/c1-9(13(21)20-14-10(8-19)6-7-24-14)23-15(22)11-4-2-3-5-12(11)25-16(17)18/h2-7,9,16H,1H3,(H,20,21). The number of carbonyl (C=O) groups is 2. The average Bonchev–Trinajstić information content (AvgIpc) is 3.01. The summed E-state index contributed by atoms with van der Waals surface area (Å²) in [5, 5.41) is 13.4. The zero-order valence-corrected chi connectivity index (χ0v) is 14.5. The van der Waals surface area contributed by atoms with Gasteiger partial charge in [-0.25, -0.2) is 4.79 Å². The second-order valence-corrected chi connectivity index (χ2v) is 6.63. The molecular weight excluding hydrogens is 370 g/mol. The van der Waals surface area contributed by atoms with Gasteiger partial charge in [0.2, 0.25) is 0 Å². The van der Waals surface area contributed by atoms with Crippen molar-refractivity contribution in [2.45, 2.75) is 23.7 Å². The molecule has 1 aromatic heterocycles. The Kier molecular flexibility index (Phi) is 6.50. The number of nitriles is 1. The number of rotatable bonds is 6. The van der Waals surface area contributed by atoms with E-state index in [1.54, 1.807) is 11.4 Å². The number of thiophene rings is 1. The summed E-state index contributed by atoms with van der Waals surface area (Å²) in [5.74, 6) is -4.18. The SMILES string of the molecule is CC(OC(=O)c1ccccc1SC(F)F)C(=O)Nc1sccc1C#N. The van der Waals surface area contributed by atoms with Crippen LogP contribution in [0, 0.1) is 11.3 Å². The van der Waals surface area contributed by atoms with E-state index in [0.717, 1.165) is 11.3 Å². The van der Waals surface area contributed by atoms with E-state index in [1.807, 2.05) is 6.07 Å². The third-order valence-corrected chi connectivity index (χ3v) is 4.62. The maximum atomic E-state index is 12.6. The number of benzene rings is 1. The summed E-state index contributed by atoms with van der Waals surface area (Å²) >= 11 is 1.39. The number of hydrogen-bond acceptors (Lipinski definition) is 6. The largest absolute Gasteiger partial charge is 0.449 e. The molecule has 0 saturated carbocycles. The molecule has 1 heterocycles. The first-order valence-electron chi connectivity index (χ1n) is 6.95. The molecule has 0 aliphatic heterocycles. The van der Waals surface area contributed by atoms with E-state index < -0.39 is 23.7 Å². The molecule has 5 nitrogen and oxygen atoms in total.